The van der Waals surface area contributed by atoms with Crippen molar-refractivity contribution in [2.45, 2.75) is 53.4 Å². The van der Waals surface area contributed by atoms with Crippen LogP contribution in [-0.4, -0.2) is 9.97 Å². The van der Waals surface area contributed by atoms with Crippen LogP contribution in [-0.2, 0) is 25.7 Å². The molecule has 0 saturated heterocycles. The van der Waals surface area contributed by atoms with Gasteiger partial charge in [-0.15, -0.1) is 34.0 Å². The van der Waals surface area contributed by atoms with Gasteiger partial charge in [0, 0.05) is 11.1 Å². The van der Waals surface area contributed by atoms with E-state index in [2.05, 4.69) is 120 Å². The fourth-order valence-corrected chi connectivity index (χ4v) is 11.5. The molecule has 0 unspecified atom stereocenters. The first-order chi connectivity index (χ1) is 20.0. The van der Waals surface area contributed by atoms with Crippen molar-refractivity contribution in [1.29, 1.82) is 0 Å². The van der Waals surface area contributed by atoms with E-state index in [1.165, 1.54) is 49.3 Å². The Balaban J connectivity index is 1.75. The first-order valence-corrected chi connectivity index (χ1v) is 18.1. The summed E-state index contributed by atoms with van der Waals surface area (Å²) >= 11 is 13.4. The highest BCUT2D eigenvalue weighted by molar-refractivity contribution is 9.11. The lowest BCUT2D eigenvalue weighted by Gasteiger charge is -2.11. The van der Waals surface area contributed by atoms with E-state index in [0.717, 1.165) is 59.2 Å². The molecule has 0 bridgehead atoms. The lowest BCUT2D eigenvalue weighted by atomic mass is 10.0. The molecule has 0 aliphatic heterocycles. The van der Waals surface area contributed by atoms with Crippen LogP contribution in [0.5, 0.6) is 0 Å². The number of hydrogen-bond acceptors (Lipinski definition) is 5. The highest BCUT2D eigenvalue weighted by atomic mass is 79.9. The Bertz CT molecular complexity index is 1720. The molecule has 4 heterocycles. The molecule has 208 valence electrons. The Hall–Kier alpha value is -2.16. The van der Waals surface area contributed by atoms with Crippen molar-refractivity contribution in [3.05, 3.63) is 90.5 Å². The van der Waals surface area contributed by atoms with Gasteiger partial charge < -0.3 is 0 Å². The molecule has 0 radical (unpaired) electrons. The Kier molecular flexibility index (Phi) is 8.62. The van der Waals surface area contributed by atoms with E-state index in [9.17, 15) is 0 Å². The minimum Gasteiger partial charge on any atom is -0.242 e. The number of nitrogens with zero attached hydrogens (tertiary/aromatic N) is 2. The van der Waals surface area contributed by atoms with E-state index in [-0.39, 0.29) is 0 Å². The predicted octanol–water partition coefficient (Wildman–Crippen LogP) is 12.3. The molecule has 6 rings (SSSR count). The number of benzene rings is 2. The number of hydrogen-bond donors (Lipinski definition) is 0. The van der Waals surface area contributed by atoms with Crippen molar-refractivity contribution in [3.63, 3.8) is 0 Å². The Labute approximate surface area is 270 Å². The van der Waals surface area contributed by atoms with Crippen molar-refractivity contribution in [3.8, 4) is 42.0 Å². The average molecular weight is 723 g/mol. The molecular weight excluding hydrogens is 692 g/mol. The molecule has 0 aliphatic carbocycles. The minimum atomic E-state index is 0.927. The van der Waals surface area contributed by atoms with E-state index in [1.807, 2.05) is 34.0 Å². The molecule has 2 nitrogen and oxygen atoms in total. The molecular formula is C34H30Br2N2S3. The number of aromatic nitrogens is 2. The van der Waals surface area contributed by atoms with Crippen LogP contribution in [0.2, 0.25) is 0 Å². The zero-order valence-electron chi connectivity index (χ0n) is 23.5. The molecule has 2 aromatic carbocycles. The lowest BCUT2D eigenvalue weighted by Crippen LogP contribution is -1.96. The van der Waals surface area contributed by atoms with Gasteiger partial charge in [-0.25, -0.2) is 9.97 Å². The number of thiophene rings is 3. The summed E-state index contributed by atoms with van der Waals surface area (Å²) < 4.78 is 2.46. The third kappa shape index (κ3) is 5.08. The van der Waals surface area contributed by atoms with Crippen LogP contribution in [0.3, 0.4) is 0 Å². The second kappa shape index (κ2) is 12.2. The van der Waals surface area contributed by atoms with Gasteiger partial charge >= 0.3 is 0 Å². The maximum Gasteiger partial charge on any atom is 0.110 e. The Morgan fingerprint density at radius 2 is 0.854 bits per heavy atom. The fraction of sp³-hybridized carbons (Fsp3) is 0.235. The van der Waals surface area contributed by atoms with Gasteiger partial charge in [0.05, 0.1) is 38.5 Å². The summed E-state index contributed by atoms with van der Waals surface area (Å²) in [5, 5.41) is 0. The summed E-state index contributed by atoms with van der Waals surface area (Å²) in [6, 6.07) is 21.0. The summed E-state index contributed by atoms with van der Waals surface area (Å²) in [5.41, 5.74) is 11.7. The van der Waals surface area contributed by atoms with Crippen molar-refractivity contribution >= 4 is 76.9 Å². The zero-order chi connectivity index (χ0) is 28.7. The highest BCUT2D eigenvalue weighted by Gasteiger charge is 2.28. The Morgan fingerprint density at radius 3 is 1.20 bits per heavy atom. The van der Waals surface area contributed by atoms with E-state index in [0.29, 0.717) is 0 Å². The normalized spacial score (nSPS) is 11.6. The second-order valence-electron chi connectivity index (χ2n) is 9.85. The molecule has 4 aromatic heterocycles. The van der Waals surface area contributed by atoms with E-state index in [1.54, 1.807) is 0 Å². The molecule has 6 aromatic rings. The van der Waals surface area contributed by atoms with Gasteiger partial charge in [0.2, 0.25) is 0 Å². The zero-order valence-corrected chi connectivity index (χ0v) is 29.1. The smallest absolute Gasteiger partial charge is 0.110 e. The largest absolute Gasteiger partial charge is 0.242 e. The second-order valence-corrected chi connectivity index (χ2v) is 15.5. The average Bonchev–Trinajstić information content (AvgIpc) is 3.65. The van der Waals surface area contributed by atoms with Crippen LogP contribution in [0, 0.1) is 0 Å². The number of halogens is 2. The number of fused-ring (bicyclic) bond motifs is 1. The maximum absolute atomic E-state index is 5.52. The third-order valence-electron chi connectivity index (χ3n) is 7.59. The van der Waals surface area contributed by atoms with E-state index in [4.69, 9.17) is 9.97 Å². The molecule has 41 heavy (non-hydrogen) atoms. The van der Waals surface area contributed by atoms with Gasteiger partial charge in [0.15, 0.2) is 0 Å². The molecule has 7 heteroatoms. The van der Waals surface area contributed by atoms with Crippen LogP contribution >= 0.6 is 65.9 Å². The van der Waals surface area contributed by atoms with Gasteiger partial charge in [-0.05, 0) is 79.8 Å². The van der Waals surface area contributed by atoms with Crippen LogP contribution in [0.1, 0.15) is 49.9 Å². The standard InChI is InChI=1S/C34H30Br2N2S3/c1-5-21-23(7-3)33(35)40-29(21)31-27-28(32(39-31)30-22(6-2)24(8-4)34(36)41-30)38-26(20-17-13-10-14-18-20)25(37-27)19-15-11-9-12-16-19/h9-18H,5-8H2,1-4H3. The lowest BCUT2D eigenvalue weighted by molar-refractivity contribution is 1.05. The Morgan fingerprint density at radius 1 is 0.488 bits per heavy atom. The van der Waals surface area contributed by atoms with Crippen molar-refractivity contribution in [2.24, 2.45) is 0 Å². The summed E-state index contributed by atoms with van der Waals surface area (Å²) in [6.45, 7) is 9.02. The quantitative estimate of drug-likeness (QED) is 0.156. The van der Waals surface area contributed by atoms with Gasteiger partial charge in [-0.2, -0.15) is 0 Å². The third-order valence-corrected chi connectivity index (χ3v) is 13.1. The van der Waals surface area contributed by atoms with Crippen molar-refractivity contribution in [1.82, 2.24) is 9.97 Å². The SMILES string of the molecule is CCc1c(Br)sc(-c2sc(-c3sc(Br)c(CC)c3CC)c3nc(-c4ccccc4)c(-c4ccccc4)nc23)c1CC. The fourth-order valence-electron chi connectivity index (χ4n) is 5.61. The molecule has 0 aliphatic rings. The molecule has 0 amide bonds. The first-order valence-electron chi connectivity index (χ1n) is 14.1. The summed E-state index contributed by atoms with van der Waals surface area (Å²) in [6.07, 6.45) is 3.99. The first kappa shape index (κ1) is 28.9. The van der Waals surface area contributed by atoms with Gasteiger partial charge in [0.25, 0.3) is 0 Å². The van der Waals surface area contributed by atoms with E-state index >= 15 is 0 Å². The van der Waals surface area contributed by atoms with Gasteiger partial charge in [-0.1, -0.05) is 88.4 Å². The van der Waals surface area contributed by atoms with Gasteiger partial charge in [0.1, 0.15) is 11.0 Å². The van der Waals surface area contributed by atoms with Crippen molar-refractivity contribution in [2.75, 3.05) is 0 Å². The predicted molar refractivity (Wildman–Crippen MR) is 188 cm³/mol. The van der Waals surface area contributed by atoms with E-state index < -0.39 is 0 Å². The molecule has 0 saturated carbocycles. The molecule has 0 atom stereocenters. The minimum absolute atomic E-state index is 0.927. The summed E-state index contributed by atoms with van der Waals surface area (Å²) in [7, 11) is 0. The van der Waals surface area contributed by atoms with Crippen LogP contribution in [0.15, 0.2) is 68.2 Å². The van der Waals surface area contributed by atoms with Crippen LogP contribution < -0.4 is 0 Å². The van der Waals surface area contributed by atoms with Crippen LogP contribution in [0.4, 0.5) is 0 Å². The van der Waals surface area contributed by atoms with Crippen molar-refractivity contribution < 1.29 is 0 Å². The summed E-state index contributed by atoms with van der Waals surface area (Å²) in [4.78, 5) is 16.1. The van der Waals surface area contributed by atoms with Gasteiger partial charge in [-0.3, -0.25) is 0 Å². The maximum atomic E-state index is 5.52. The molecule has 0 spiro atoms. The van der Waals surface area contributed by atoms with Crippen LogP contribution in [0.25, 0.3) is 53.1 Å². The molecule has 0 fully saturated rings. The highest BCUT2D eigenvalue weighted by Crippen LogP contribution is 2.52. The monoisotopic (exact) mass is 720 g/mol. The number of rotatable bonds is 8. The molecule has 0 N–H and O–H groups in total. The topological polar surface area (TPSA) is 25.8 Å². The summed E-state index contributed by atoms with van der Waals surface area (Å²) in [5.74, 6) is 0.